The van der Waals surface area contributed by atoms with Crippen LogP contribution in [-0.2, 0) is 16.2 Å². The second-order valence-corrected chi connectivity index (χ2v) is 7.92. The summed E-state index contributed by atoms with van der Waals surface area (Å²) < 4.78 is 6.92. The predicted molar refractivity (Wildman–Crippen MR) is 120 cm³/mol. The van der Waals surface area contributed by atoms with Gasteiger partial charge in [-0.3, -0.25) is 15.0 Å². The molecule has 1 fully saturated rings. The summed E-state index contributed by atoms with van der Waals surface area (Å²) in [5, 5.41) is 1.70. The Balaban J connectivity index is 1.61. The molecule has 150 valence electrons. The Hall–Kier alpha value is -3.09. The Labute approximate surface area is 187 Å². The summed E-state index contributed by atoms with van der Waals surface area (Å²) in [6.45, 7) is 0.335. The number of carbonyl (C=O) groups is 2. The van der Waals surface area contributed by atoms with Gasteiger partial charge < -0.3 is 4.74 Å². The zero-order chi connectivity index (χ0) is 21.1. The number of halogens is 2. The Morgan fingerprint density at radius 2 is 1.73 bits per heavy atom. The topological polar surface area (TPSA) is 58.6 Å². The van der Waals surface area contributed by atoms with Crippen LogP contribution in [0.4, 0.5) is 5.69 Å². The molecule has 0 saturated carbocycles. The Bertz CT molecular complexity index is 1130. The van der Waals surface area contributed by atoms with Crippen LogP contribution in [-0.4, -0.2) is 11.8 Å². The molecule has 0 aromatic heterocycles. The molecule has 0 radical (unpaired) electrons. The number of hydrazine groups is 1. The molecular formula is C23H16BrClN2O3. The zero-order valence-electron chi connectivity index (χ0n) is 15.6. The number of anilines is 1. The lowest BCUT2D eigenvalue weighted by molar-refractivity contribution is -0.117. The van der Waals surface area contributed by atoms with Gasteiger partial charge in [0.1, 0.15) is 17.9 Å². The summed E-state index contributed by atoms with van der Waals surface area (Å²) >= 11 is 9.55. The third-order valence-electron chi connectivity index (χ3n) is 4.49. The summed E-state index contributed by atoms with van der Waals surface area (Å²) in [6.07, 6.45) is 1.50. The molecule has 30 heavy (non-hydrogen) atoms. The quantitative estimate of drug-likeness (QED) is 0.404. The van der Waals surface area contributed by atoms with Crippen LogP contribution in [0.5, 0.6) is 5.75 Å². The highest BCUT2D eigenvalue weighted by Crippen LogP contribution is 2.28. The molecule has 0 bridgehead atoms. The molecule has 1 heterocycles. The third-order valence-corrected chi connectivity index (χ3v) is 5.25. The van der Waals surface area contributed by atoms with Gasteiger partial charge in [0.2, 0.25) is 0 Å². The van der Waals surface area contributed by atoms with Crippen molar-refractivity contribution in [3.8, 4) is 5.75 Å². The first-order chi connectivity index (χ1) is 14.5. The number of amides is 2. The van der Waals surface area contributed by atoms with E-state index in [1.54, 1.807) is 42.5 Å². The van der Waals surface area contributed by atoms with Crippen LogP contribution in [0.2, 0.25) is 5.02 Å². The number of rotatable bonds is 5. The Morgan fingerprint density at radius 1 is 1.00 bits per heavy atom. The number of carbonyl (C=O) groups excluding carboxylic acids is 2. The lowest BCUT2D eigenvalue weighted by atomic mass is 10.1. The van der Waals surface area contributed by atoms with Gasteiger partial charge in [0, 0.05) is 15.1 Å². The molecule has 0 atom stereocenters. The van der Waals surface area contributed by atoms with Crippen molar-refractivity contribution >= 4 is 51.1 Å². The van der Waals surface area contributed by atoms with E-state index in [2.05, 4.69) is 21.4 Å². The minimum atomic E-state index is -0.484. The van der Waals surface area contributed by atoms with E-state index in [9.17, 15) is 9.59 Å². The molecule has 4 rings (SSSR count). The highest BCUT2D eigenvalue weighted by atomic mass is 79.9. The van der Waals surface area contributed by atoms with Crippen LogP contribution in [0.3, 0.4) is 0 Å². The lowest BCUT2D eigenvalue weighted by Gasteiger charge is -2.14. The molecule has 1 aliphatic rings. The number of nitrogens with zero attached hydrogens (tertiary/aromatic N) is 1. The average Bonchev–Trinajstić information content (AvgIpc) is 3.03. The smallest absolute Gasteiger partial charge is 0.282 e. The van der Waals surface area contributed by atoms with E-state index in [1.807, 2.05) is 30.3 Å². The molecule has 7 heteroatoms. The van der Waals surface area contributed by atoms with Gasteiger partial charge in [-0.05, 0) is 54.1 Å². The lowest BCUT2D eigenvalue weighted by Crippen LogP contribution is -2.35. The van der Waals surface area contributed by atoms with E-state index in [-0.39, 0.29) is 5.57 Å². The van der Waals surface area contributed by atoms with Crippen molar-refractivity contribution in [3.05, 3.63) is 99.0 Å². The highest BCUT2D eigenvalue weighted by Gasteiger charge is 2.34. The van der Waals surface area contributed by atoms with Crippen LogP contribution in [0.1, 0.15) is 11.1 Å². The van der Waals surface area contributed by atoms with Crippen molar-refractivity contribution in [2.45, 2.75) is 6.61 Å². The van der Waals surface area contributed by atoms with E-state index < -0.39 is 11.8 Å². The highest BCUT2D eigenvalue weighted by molar-refractivity contribution is 9.10. The van der Waals surface area contributed by atoms with Crippen molar-refractivity contribution < 1.29 is 14.3 Å². The Morgan fingerprint density at radius 3 is 2.47 bits per heavy atom. The summed E-state index contributed by atoms with van der Waals surface area (Å²) in [7, 11) is 0. The molecule has 3 aromatic carbocycles. The maximum atomic E-state index is 12.8. The van der Waals surface area contributed by atoms with Gasteiger partial charge in [0.05, 0.1) is 5.69 Å². The number of hydrogen-bond acceptors (Lipinski definition) is 3. The average molecular weight is 484 g/mol. The van der Waals surface area contributed by atoms with Crippen molar-refractivity contribution in [2.24, 2.45) is 0 Å². The molecule has 1 aliphatic heterocycles. The zero-order valence-corrected chi connectivity index (χ0v) is 18.0. The van der Waals surface area contributed by atoms with Crippen molar-refractivity contribution in [2.75, 3.05) is 5.01 Å². The molecule has 0 unspecified atom stereocenters. The molecule has 0 aliphatic carbocycles. The van der Waals surface area contributed by atoms with E-state index >= 15 is 0 Å². The fourth-order valence-electron chi connectivity index (χ4n) is 2.98. The van der Waals surface area contributed by atoms with Gasteiger partial charge >= 0.3 is 0 Å². The van der Waals surface area contributed by atoms with Gasteiger partial charge in [-0.15, -0.1) is 0 Å². The van der Waals surface area contributed by atoms with Gasteiger partial charge in [-0.2, -0.15) is 0 Å². The second kappa shape index (κ2) is 8.73. The summed E-state index contributed by atoms with van der Waals surface area (Å²) in [5.74, 6) is -0.402. The van der Waals surface area contributed by atoms with Crippen LogP contribution in [0.25, 0.3) is 6.08 Å². The van der Waals surface area contributed by atoms with E-state index in [0.717, 1.165) is 10.0 Å². The van der Waals surface area contributed by atoms with Crippen LogP contribution in [0.15, 0.2) is 82.8 Å². The Kier molecular flexibility index (Phi) is 5.88. The van der Waals surface area contributed by atoms with Crippen LogP contribution >= 0.6 is 27.5 Å². The number of ether oxygens (including phenoxy) is 1. The predicted octanol–water partition coefficient (Wildman–Crippen LogP) is 5.14. The SMILES string of the molecule is O=C1NN(c2ccccc2)C(=O)C1=Cc1cc(Cl)ccc1OCc1ccc(Br)cc1. The number of para-hydroxylation sites is 1. The molecule has 5 nitrogen and oxygen atoms in total. The summed E-state index contributed by atoms with van der Waals surface area (Å²) in [6, 6.07) is 21.8. The minimum Gasteiger partial charge on any atom is -0.488 e. The maximum Gasteiger partial charge on any atom is 0.282 e. The molecule has 2 amide bonds. The minimum absolute atomic E-state index is 0.00890. The first-order valence-corrected chi connectivity index (χ1v) is 10.3. The molecule has 1 saturated heterocycles. The van der Waals surface area contributed by atoms with Crippen molar-refractivity contribution in [1.29, 1.82) is 0 Å². The van der Waals surface area contributed by atoms with Gasteiger partial charge in [0.25, 0.3) is 11.8 Å². The number of hydrogen-bond donors (Lipinski definition) is 1. The standard InChI is InChI=1S/C23H16BrClN2O3/c24-17-8-6-15(7-9-17)14-30-21-11-10-18(25)12-16(21)13-20-22(28)26-27(23(20)29)19-4-2-1-3-5-19/h1-13H,14H2,(H,26,28). The van der Waals surface area contributed by atoms with Gasteiger partial charge in [-0.1, -0.05) is 57.9 Å². The second-order valence-electron chi connectivity index (χ2n) is 6.57. The third kappa shape index (κ3) is 4.40. The van der Waals surface area contributed by atoms with Crippen LogP contribution in [0, 0.1) is 0 Å². The molecule has 0 spiro atoms. The van der Waals surface area contributed by atoms with Gasteiger partial charge in [-0.25, -0.2) is 5.01 Å². The molecular weight excluding hydrogens is 468 g/mol. The monoisotopic (exact) mass is 482 g/mol. The number of benzene rings is 3. The molecule has 3 aromatic rings. The summed E-state index contributed by atoms with van der Waals surface area (Å²) in [5.41, 5.74) is 4.71. The van der Waals surface area contributed by atoms with Gasteiger partial charge in [0.15, 0.2) is 0 Å². The normalized spacial score (nSPS) is 14.9. The molecule has 1 N–H and O–H groups in total. The van der Waals surface area contributed by atoms with Crippen molar-refractivity contribution in [1.82, 2.24) is 5.43 Å². The first kappa shape index (κ1) is 20.2. The number of nitrogens with one attached hydrogen (secondary N) is 1. The first-order valence-electron chi connectivity index (χ1n) is 9.10. The fourth-order valence-corrected chi connectivity index (χ4v) is 3.42. The van der Waals surface area contributed by atoms with E-state index in [1.165, 1.54) is 11.1 Å². The largest absolute Gasteiger partial charge is 0.488 e. The van der Waals surface area contributed by atoms with Crippen LogP contribution < -0.4 is 15.2 Å². The van der Waals surface area contributed by atoms with E-state index in [4.69, 9.17) is 16.3 Å². The maximum absolute atomic E-state index is 12.8. The fraction of sp³-hybridized carbons (Fsp3) is 0.0435. The van der Waals surface area contributed by atoms with E-state index in [0.29, 0.717) is 28.6 Å². The van der Waals surface area contributed by atoms with Crippen molar-refractivity contribution in [3.63, 3.8) is 0 Å². The summed E-state index contributed by atoms with van der Waals surface area (Å²) in [4.78, 5) is 25.3.